The van der Waals surface area contributed by atoms with Gasteiger partial charge in [-0.2, -0.15) is 0 Å². The fourth-order valence-corrected chi connectivity index (χ4v) is 3.19. The third kappa shape index (κ3) is 5.46. The maximum atomic E-state index is 11.5. The lowest BCUT2D eigenvalue weighted by Crippen LogP contribution is -2.53. The number of aliphatic imine (C=N–C) groups is 1. The molecule has 144 valence electrons. The summed E-state index contributed by atoms with van der Waals surface area (Å²) in [6, 6.07) is 8.92. The molecular formula is C20H33N5O. The summed E-state index contributed by atoms with van der Waals surface area (Å²) in [5.74, 6) is 1.09. The molecule has 26 heavy (non-hydrogen) atoms. The fraction of sp³-hybridized carbons (Fsp3) is 0.600. The van der Waals surface area contributed by atoms with Crippen LogP contribution in [-0.2, 0) is 4.79 Å². The standard InChI is InChI=1S/C20H33N5O/c1-6-21-20(25-13-11-24(12-14-25)17(3)26)22-15-19(23(4)5)18-9-7-16(2)8-10-18/h7-10,19H,6,11-15H2,1-5H3,(H,21,22). The molecule has 1 aromatic carbocycles. The third-order valence-electron chi connectivity index (χ3n) is 4.86. The molecule has 0 aromatic heterocycles. The molecular weight excluding hydrogens is 326 g/mol. The van der Waals surface area contributed by atoms with Gasteiger partial charge < -0.3 is 20.0 Å². The Kier molecular flexibility index (Phi) is 7.45. The van der Waals surface area contributed by atoms with Gasteiger partial charge in [-0.05, 0) is 33.5 Å². The highest BCUT2D eigenvalue weighted by Crippen LogP contribution is 2.19. The van der Waals surface area contributed by atoms with Crippen LogP contribution in [0.25, 0.3) is 0 Å². The molecule has 0 radical (unpaired) electrons. The monoisotopic (exact) mass is 359 g/mol. The second kappa shape index (κ2) is 9.57. The van der Waals surface area contributed by atoms with Crippen molar-refractivity contribution < 1.29 is 4.79 Å². The van der Waals surface area contributed by atoms with Crippen molar-refractivity contribution in [2.75, 3.05) is 53.4 Å². The highest BCUT2D eigenvalue weighted by molar-refractivity contribution is 5.80. The summed E-state index contributed by atoms with van der Waals surface area (Å²) in [5, 5.41) is 3.41. The Hall–Kier alpha value is -2.08. The lowest BCUT2D eigenvalue weighted by atomic mass is 10.0. The summed E-state index contributed by atoms with van der Waals surface area (Å²) in [4.78, 5) is 22.8. The second-order valence-corrected chi connectivity index (χ2v) is 7.08. The topological polar surface area (TPSA) is 51.2 Å². The molecule has 1 amide bonds. The predicted octanol–water partition coefficient (Wildman–Crippen LogP) is 1.73. The van der Waals surface area contributed by atoms with E-state index in [-0.39, 0.29) is 11.9 Å². The van der Waals surface area contributed by atoms with E-state index < -0.39 is 0 Å². The molecule has 2 rings (SSSR count). The van der Waals surface area contributed by atoms with Crippen LogP contribution in [0, 0.1) is 6.92 Å². The van der Waals surface area contributed by atoms with Gasteiger partial charge in [0, 0.05) is 39.6 Å². The number of piperazine rings is 1. The molecule has 1 aliphatic heterocycles. The van der Waals surface area contributed by atoms with Crippen LogP contribution >= 0.6 is 0 Å². The van der Waals surface area contributed by atoms with E-state index in [2.05, 4.69) is 67.3 Å². The number of carbonyl (C=O) groups excluding carboxylic acids is 1. The van der Waals surface area contributed by atoms with Crippen LogP contribution in [-0.4, -0.2) is 79.9 Å². The largest absolute Gasteiger partial charge is 0.357 e. The zero-order chi connectivity index (χ0) is 19.1. The van der Waals surface area contributed by atoms with Crippen molar-refractivity contribution in [1.82, 2.24) is 20.0 Å². The quantitative estimate of drug-likeness (QED) is 0.643. The van der Waals surface area contributed by atoms with Crippen molar-refractivity contribution in [2.45, 2.75) is 26.8 Å². The predicted molar refractivity (Wildman–Crippen MR) is 107 cm³/mol. The first-order chi connectivity index (χ1) is 12.4. The summed E-state index contributed by atoms with van der Waals surface area (Å²) in [6.07, 6.45) is 0. The fourth-order valence-electron chi connectivity index (χ4n) is 3.19. The van der Waals surface area contributed by atoms with Gasteiger partial charge in [0.2, 0.25) is 5.91 Å². The highest BCUT2D eigenvalue weighted by Gasteiger charge is 2.21. The van der Waals surface area contributed by atoms with Gasteiger partial charge in [0.1, 0.15) is 0 Å². The van der Waals surface area contributed by atoms with Gasteiger partial charge in [-0.3, -0.25) is 9.79 Å². The third-order valence-corrected chi connectivity index (χ3v) is 4.86. The van der Waals surface area contributed by atoms with Crippen molar-refractivity contribution in [3.63, 3.8) is 0 Å². The number of guanidine groups is 1. The van der Waals surface area contributed by atoms with E-state index in [1.165, 1.54) is 11.1 Å². The first kappa shape index (κ1) is 20.2. The van der Waals surface area contributed by atoms with Crippen LogP contribution in [0.1, 0.15) is 31.0 Å². The Balaban J connectivity index is 2.08. The van der Waals surface area contributed by atoms with Crippen molar-refractivity contribution in [2.24, 2.45) is 4.99 Å². The number of hydrogen-bond acceptors (Lipinski definition) is 3. The number of benzene rings is 1. The lowest BCUT2D eigenvalue weighted by Gasteiger charge is -2.36. The normalized spacial score (nSPS) is 16.8. The molecule has 0 spiro atoms. The molecule has 1 heterocycles. The van der Waals surface area contributed by atoms with Crippen molar-refractivity contribution in [3.8, 4) is 0 Å². The van der Waals surface area contributed by atoms with E-state index in [1.54, 1.807) is 6.92 Å². The Bertz CT molecular complexity index is 603. The minimum absolute atomic E-state index is 0.152. The molecule has 0 saturated carbocycles. The number of amides is 1. The molecule has 1 N–H and O–H groups in total. The van der Waals surface area contributed by atoms with Crippen LogP contribution in [0.15, 0.2) is 29.3 Å². The molecule has 0 bridgehead atoms. The van der Waals surface area contributed by atoms with Crippen molar-refractivity contribution in [3.05, 3.63) is 35.4 Å². The zero-order valence-corrected chi connectivity index (χ0v) is 16.8. The summed E-state index contributed by atoms with van der Waals surface area (Å²) in [7, 11) is 4.19. The van der Waals surface area contributed by atoms with Crippen LogP contribution in [0.2, 0.25) is 0 Å². The minimum atomic E-state index is 0.152. The first-order valence-corrected chi connectivity index (χ1v) is 9.44. The van der Waals surface area contributed by atoms with Crippen LogP contribution in [0.5, 0.6) is 0 Å². The van der Waals surface area contributed by atoms with Gasteiger partial charge in [0.05, 0.1) is 12.6 Å². The summed E-state index contributed by atoms with van der Waals surface area (Å²) in [6.45, 7) is 10.5. The number of nitrogens with zero attached hydrogens (tertiary/aromatic N) is 4. The first-order valence-electron chi connectivity index (χ1n) is 9.44. The SMILES string of the molecule is CCNC(=NCC(c1ccc(C)cc1)N(C)C)N1CCN(C(C)=O)CC1. The summed E-state index contributed by atoms with van der Waals surface area (Å²) < 4.78 is 0. The number of nitrogens with one attached hydrogen (secondary N) is 1. The van der Waals surface area contributed by atoms with E-state index in [0.29, 0.717) is 6.54 Å². The Morgan fingerprint density at radius 1 is 1.15 bits per heavy atom. The smallest absolute Gasteiger partial charge is 0.219 e. The lowest BCUT2D eigenvalue weighted by molar-refractivity contribution is -0.130. The molecule has 6 nitrogen and oxygen atoms in total. The molecule has 0 aliphatic carbocycles. The molecule has 1 saturated heterocycles. The number of hydrogen-bond donors (Lipinski definition) is 1. The Morgan fingerprint density at radius 3 is 2.23 bits per heavy atom. The van der Waals surface area contributed by atoms with Crippen molar-refractivity contribution in [1.29, 1.82) is 0 Å². The maximum Gasteiger partial charge on any atom is 0.219 e. The van der Waals surface area contributed by atoms with E-state index >= 15 is 0 Å². The minimum Gasteiger partial charge on any atom is -0.357 e. The average Bonchev–Trinajstić information content (AvgIpc) is 2.62. The number of aryl methyl sites for hydroxylation is 1. The number of rotatable bonds is 5. The van der Waals surface area contributed by atoms with Gasteiger partial charge in [-0.25, -0.2) is 0 Å². The molecule has 6 heteroatoms. The van der Waals surface area contributed by atoms with Gasteiger partial charge in [-0.1, -0.05) is 29.8 Å². The Morgan fingerprint density at radius 2 is 1.73 bits per heavy atom. The van der Waals surface area contributed by atoms with Crippen LogP contribution in [0.3, 0.4) is 0 Å². The van der Waals surface area contributed by atoms with Crippen LogP contribution in [0.4, 0.5) is 0 Å². The molecule has 1 unspecified atom stereocenters. The number of likely N-dealkylation sites (N-methyl/N-ethyl adjacent to an activating group) is 1. The van der Waals surface area contributed by atoms with Crippen molar-refractivity contribution >= 4 is 11.9 Å². The average molecular weight is 360 g/mol. The number of carbonyl (C=O) groups is 1. The molecule has 1 aromatic rings. The maximum absolute atomic E-state index is 11.5. The molecule has 1 atom stereocenters. The second-order valence-electron chi connectivity index (χ2n) is 7.08. The van der Waals surface area contributed by atoms with Crippen LogP contribution < -0.4 is 5.32 Å². The highest BCUT2D eigenvalue weighted by atomic mass is 16.2. The van der Waals surface area contributed by atoms with Gasteiger partial charge >= 0.3 is 0 Å². The molecule has 1 fully saturated rings. The summed E-state index contributed by atoms with van der Waals surface area (Å²) in [5.41, 5.74) is 2.55. The Labute approximate surface area is 157 Å². The van der Waals surface area contributed by atoms with Gasteiger partial charge in [0.15, 0.2) is 5.96 Å². The summed E-state index contributed by atoms with van der Waals surface area (Å²) >= 11 is 0. The van der Waals surface area contributed by atoms with E-state index in [0.717, 1.165) is 38.7 Å². The van der Waals surface area contributed by atoms with E-state index in [9.17, 15) is 4.79 Å². The molecule has 1 aliphatic rings. The zero-order valence-electron chi connectivity index (χ0n) is 16.8. The van der Waals surface area contributed by atoms with E-state index in [4.69, 9.17) is 4.99 Å². The van der Waals surface area contributed by atoms with E-state index in [1.807, 2.05) is 4.90 Å². The van der Waals surface area contributed by atoms with Gasteiger partial charge in [0.25, 0.3) is 0 Å². The van der Waals surface area contributed by atoms with Gasteiger partial charge in [-0.15, -0.1) is 0 Å².